The van der Waals surface area contributed by atoms with Gasteiger partial charge < -0.3 is 9.52 Å². The number of aliphatic hydroxyl groups excluding tert-OH is 1. The second kappa shape index (κ2) is 5.00. The minimum absolute atomic E-state index is 0.510. The number of rotatable bonds is 2. The molecule has 96 valence electrons. The molecule has 0 fully saturated rings. The highest BCUT2D eigenvalue weighted by atomic mass is 79.9. The van der Waals surface area contributed by atoms with Crippen molar-refractivity contribution in [2.75, 3.05) is 0 Å². The maximum Gasteiger partial charge on any atom is 0.138 e. The summed E-state index contributed by atoms with van der Waals surface area (Å²) in [6.07, 6.45) is -0.831. The van der Waals surface area contributed by atoms with Gasteiger partial charge >= 0.3 is 0 Å². The highest BCUT2D eigenvalue weighted by molar-refractivity contribution is 9.10. The Morgan fingerprint density at radius 3 is 2.63 bits per heavy atom. The van der Waals surface area contributed by atoms with Crippen LogP contribution in [0.15, 0.2) is 57.4 Å². The molecule has 2 nitrogen and oxygen atoms in total. The van der Waals surface area contributed by atoms with E-state index in [9.17, 15) is 5.11 Å². The molecule has 0 saturated heterocycles. The van der Waals surface area contributed by atoms with E-state index >= 15 is 0 Å². The number of fused-ring (bicyclic) bond motifs is 1. The van der Waals surface area contributed by atoms with Gasteiger partial charge in [0.15, 0.2) is 0 Å². The smallest absolute Gasteiger partial charge is 0.138 e. The number of hydrogen-bond donors (Lipinski definition) is 1. The third kappa shape index (κ3) is 2.54. The van der Waals surface area contributed by atoms with Crippen LogP contribution in [0.25, 0.3) is 11.0 Å². The maximum atomic E-state index is 10.4. The highest BCUT2D eigenvalue weighted by Crippen LogP contribution is 2.31. The van der Waals surface area contributed by atoms with Gasteiger partial charge in [-0.25, -0.2) is 0 Å². The van der Waals surface area contributed by atoms with Crippen LogP contribution in [0.3, 0.4) is 0 Å². The molecular formula is C15H10BrClO2. The van der Waals surface area contributed by atoms with Gasteiger partial charge in [-0.05, 0) is 35.9 Å². The first-order valence-electron chi connectivity index (χ1n) is 5.76. The molecule has 1 aromatic heterocycles. The standard InChI is InChI=1S/C15H10BrClO2/c16-11-5-10(6-12(17)8-11)15(18)14-7-9-3-1-2-4-13(9)19-14/h1-8,15,18H. The van der Waals surface area contributed by atoms with Crippen LogP contribution in [0.1, 0.15) is 17.4 Å². The van der Waals surface area contributed by atoms with E-state index in [4.69, 9.17) is 16.0 Å². The minimum atomic E-state index is -0.831. The molecule has 0 saturated carbocycles. The molecule has 19 heavy (non-hydrogen) atoms. The van der Waals surface area contributed by atoms with Crippen LogP contribution in [0, 0.1) is 0 Å². The van der Waals surface area contributed by atoms with Gasteiger partial charge in [0.25, 0.3) is 0 Å². The zero-order chi connectivity index (χ0) is 13.4. The third-order valence-electron chi connectivity index (χ3n) is 2.91. The fraction of sp³-hybridized carbons (Fsp3) is 0.0667. The van der Waals surface area contributed by atoms with Crippen LogP contribution in [0.5, 0.6) is 0 Å². The second-order valence-electron chi connectivity index (χ2n) is 4.29. The van der Waals surface area contributed by atoms with Gasteiger partial charge in [0.1, 0.15) is 17.4 Å². The van der Waals surface area contributed by atoms with Crippen LogP contribution in [-0.4, -0.2) is 5.11 Å². The van der Waals surface area contributed by atoms with Gasteiger partial charge in [0, 0.05) is 14.9 Å². The van der Waals surface area contributed by atoms with E-state index in [1.165, 1.54) is 0 Å². The van der Waals surface area contributed by atoms with Crippen LogP contribution in [0.2, 0.25) is 5.02 Å². The van der Waals surface area contributed by atoms with Crippen LogP contribution < -0.4 is 0 Å². The van der Waals surface area contributed by atoms with E-state index in [-0.39, 0.29) is 0 Å². The summed E-state index contributed by atoms with van der Waals surface area (Å²) in [5, 5.41) is 11.9. The molecule has 0 aliphatic carbocycles. The van der Waals surface area contributed by atoms with Crippen molar-refractivity contribution < 1.29 is 9.52 Å². The predicted molar refractivity (Wildman–Crippen MR) is 79.4 cm³/mol. The molecule has 1 atom stereocenters. The summed E-state index contributed by atoms with van der Waals surface area (Å²) in [5.41, 5.74) is 1.45. The molecule has 2 aromatic carbocycles. The predicted octanol–water partition coefficient (Wildman–Crippen LogP) is 4.93. The van der Waals surface area contributed by atoms with E-state index in [0.29, 0.717) is 16.3 Å². The molecule has 0 radical (unpaired) electrons. The molecule has 0 aliphatic rings. The summed E-state index contributed by atoms with van der Waals surface area (Å²) in [6.45, 7) is 0. The second-order valence-corrected chi connectivity index (χ2v) is 5.64. The molecular weight excluding hydrogens is 328 g/mol. The number of hydrogen-bond acceptors (Lipinski definition) is 2. The van der Waals surface area contributed by atoms with Crippen LogP contribution in [-0.2, 0) is 0 Å². The normalized spacial score (nSPS) is 12.8. The molecule has 4 heteroatoms. The van der Waals surface area contributed by atoms with E-state index in [1.54, 1.807) is 12.1 Å². The monoisotopic (exact) mass is 336 g/mol. The molecule has 0 amide bonds. The summed E-state index contributed by atoms with van der Waals surface area (Å²) >= 11 is 9.35. The third-order valence-corrected chi connectivity index (χ3v) is 3.59. The van der Waals surface area contributed by atoms with Crippen molar-refractivity contribution in [2.24, 2.45) is 0 Å². The molecule has 3 aromatic rings. The van der Waals surface area contributed by atoms with E-state index in [1.807, 2.05) is 36.4 Å². The largest absolute Gasteiger partial charge is 0.458 e. The lowest BCUT2D eigenvalue weighted by Crippen LogP contribution is -1.97. The van der Waals surface area contributed by atoms with E-state index in [0.717, 1.165) is 15.4 Å². The Kier molecular flexibility index (Phi) is 3.35. The highest BCUT2D eigenvalue weighted by Gasteiger charge is 2.16. The topological polar surface area (TPSA) is 33.4 Å². The Morgan fingerprint density at radius 2 is 1.89 bits per heavy atom. The first-order chi connectivity index (χ1) is 9.13. The maximum absolute atomic E-state index is 10.4. The zero-order valence-electron chi connectivity index (χ0n) is 9.81. The Balaban J connectivity index is 2.05. The Morgan fingerprint density at radius 1 is 1.11 bits per heavy atom. The molecule has 1 heterocycles. The van der Waals surface area contributed by atoms with Crippen LogP contribution in [0.4, 0.5) is 0 Å². The van der Waals surface area contributed by atoms with E-state index in [2.05, 4.69) is 15.9 Å². The van der Waals surface area contributed by atoms with Crippen molar-refractivity contribution in [1.82, 2.24) is 0 Å². The molecule has 1 unspecified atom stereocenters. The van der Waals surface area contributed by atoms with Gasteiger partial charge in [-0.15, -0.1) is 0 Å². The molecule has 1 N–H and O–H groups in total. The number of aliphatic hydroxyl groups is 1. The van der Waals surface area contributed by atoms with Gasteiger partial charge in [0.2, 0.25) is 0 Å². The Hall–Kier alpha value is -1.29. The summed E-state index contributed by atoms with van der Waals surface area (Å²) < 4.78 is 6.48. The number of furan rings is 1. The summed E-state index contributed by atoms with van der Waals surface area (Å²) in [4.78, 5) is 0. The lowest BCUT2D eigenvalue weighted by Gasteiger charge is -2.09. The van der Waals surface area contributed by atoms with Crippen molar-refractivity contribution in [3.05, 3.63) is 69.3 Å². The van der Waals surface area contributed by atoms with Gasteiger partial charge in [-0.3, -0.25) is 0 Å². The quantitative estimate of drug-likeness (QED) is 0.719. The lowest BCUT2D eigenvalue weighted by atomic mass is 10.1. The van der Waals surface area contributed by atoms with Crippen molar-refractivity contribution in [3.8, 4) is 0 Å². The first-order valence-corrected chi connectivity index (χ1v) is 6.93. The fourth-order valence-electron chi connectivity index (χ4n) is 2.03. The summed E-state index contributed by atoms with van der Waals surface area (Å²) in [7, 11) is 0. The van der Waals surface area contributed by atoms with Gasteiger partial charge in [-0.2, -0.15) is 0 Å². The van der Waals surface area contributed by atoms with Crippen LogP contribution >= 0.6 is 27.5 Å². The SMILES string of the molecule is OC(c1cc(Cl)cc(Br)c1)c1cc2ccccc2o1. The average Bonchev–Trinajstić information content (AvgIpc) is 2.80. The first kappa shape index (κ1) is 12.7. The zero-order valence-corrected chi connectivity index (χ0v) is 12.1. The number of para-hydroxylation sites is 1. The van der Waals surface area contributed by atoms with Gasteiger partial charge in [0.05, 0.1) is 0 Å². The minimum Gasteiger partial charge on any atom is -0.458 e. The Bertz CT molecular complexity index is 683. The van der Waals surface area contributed by atoms with Gasteiger partial charge in [-0.1, -0.05) is 45.7 Å². The Labute approximate surface area is 123 Å². The fourth-order valence-corrected chi connectivity index (χ4v) is 2.92. The van der Waals surface area contributed by atoms with E-state index < -0.39 is 6.10 Å². The van der Waals surface area contributed by atoms with Crippen molar-refractivity contribution in [1.29, 1.82) is 0 Å². The number of halogens is 2. The molecule has 0 aliphatic heterocycles. The molecule has 0 bridgehead atoms. The molecule has 0 spiro atoms. The molecule has 3 rings (SSSR count). The average molecular weight is 338 g/mol. The van der Waals surface area contributed by atoms with Crippen molar-refractivity contribution >= 4 is 38.5 Å². The summed E-state index contributed by atoms with van der Waals surface area (Å²) in [6, 6.07) is 14.8. The summed E-state index contributed by atoms with van der Waals surface area (Å²) in [5.74, 6) is 0.510. The lowest BCUT2D eigenvalue weighted by molar-refractivity contribution is 0.192. The van der Waals surface area contributed by atoms with Crippen molar-refractivity contribution in [2.45, 2.75) is 6.10 Å². The number of benzene rings is 2. The van der Waals surface area contributed by atoms with Crippen molar-refractivity contribution in [3.63, 3.8) is 0 Å².